The summed E-state index contributed by atoms with van der Waals surface area (Å²) in [5, 5.41) is 12.6. The molecule has 0 heterocycles. The Hall–Kier alpha value is -0.860. The minimum Gasteiger partial charge on any atom is -0.394 e. The third-order valence-electron chi connectivity index (χ3n) is 3.31. The van der Waals surface area contributed by atoms with Gasteiger partial charge in [-0.05, 0) is 37.8 Å². The zero-order valence-corrected chi connectivity index (χ0v) is 9.51. The molecular weight excluding hydrogens is 186 g/mol. The Kier molecular flexibility index (Phi) is 2.81. The SMILES string of the molecule is Cc1ccc(CNC2(CO)CC2)c(C)c1. The fraction of sp³-hybridized carbons (Fsp3) is 0.538. The first-order valence-electron chi connectivity index (χ1n) is 5.57. The van der Waals surface area contributed by atoms with E-state index in [2.05, 4.69) is 37.4 Å². The molecule has 0 aliphatic heterocycles. The fourth-order valence-corrected chi connectivity index (χ4v) is 1.87. The molecule has 1 aromatic rings. The lowest BCUT2D eigenvalue weighted by Gasteiger charge is -2.15. The normalized spacial score (nSPS) is 17.8. The topological polar surface area (TPSA) is 32.3 Å². The van der Waals surface area contributed by atoms with Crippen LogP contribution >= 0.6 is 0 Å². The summed E-state index contributed by atoms with van der Waals surface area (Å²) in [5.41, 5.74) is 4.01. The van der Waals surface area contributed by atoms with E-state index in [0.29, 0.717) is 0 Å². The second-order valence-corrected chi connectivity index (χ2v) is 4.72. The Morgan fingerprint density at radius 3 is 2.60 bits per heavy atom. The standard InChI is InChI=1S/C13H19NO/c1-10-3-4-12(11(2)7-10)8-14-13(9-15)5-6-13/h3-4,7,14-15H,5-6,8-9H2,1-2H3. The highest BCUT2D eigenvalue weighted by Crippen LogP contribution is 2.34. The van der Waals surface area contributed by atoms with E-state index >= 15 is 0 Å². The van der Waals surface area contributed by atoms with Gasteiger partial charge < -0.3 is 10.4 Å². The van der Waals surface area contributed by atoms with Gasteiger partial charge in [0.05, 0.1) is 6.61 Å². The minimum absolute atomic E-state index is 0.0390. The molecule has 2 heteroatoms. The van der Waals surface area contributed by atoms with Crippen molar-refractivity contribution in [3.8, 4) is 0 Å². The van der Waals surface area contributed by atoms with Crippen molar-refractivity contribution in [2.24, 2.45) is 0 Å². The maximum atomic E-state index is 9.19. The van der Waals surface area contributed by atoms with Gasteiger partial charge in [-0.1, -0.05) is 23.8 Å². The zero-order valence-electron chi connectivity index (χ0n) is 9.51. The van der Waals surface area contributed by atoms with Gasteiger partial charge >= 0.3 is 0 Å². The molecule has 1 saturated carbocycles. The number of aryl methyl sites for hydroxylation is 2. The average Bonchev–Trinajstić information content (AvgIpc) is 2.97. The van der Waals surface area contributed by atoms with E-state index in [1.165, 1.54) is 16.7 Å². The first-order chi connectivity index (χ1) is 7.15. The molecule has 1 aliphatic rings. The maximum Gasteiger partial charge on any atom is 0.0613 e. The van der Waals surface area contributed by atoms with Crippen LogP contribution in [0.1, 0.15) is 29.5 Å². The minimum atomic E-state index is 0.0390. The lowest BCUT2D eigenvalue weighted by Crippen LogP contribution is -2.34. The third-order valence-corrected chi connectivity index (χ3v) is 3.31. The van der Waals surface area contributed by atoms with Crippen LogP contribution in [0, 0.1) is 13.8 Å². The number of rotatable bonds is 4. The summed E-state index contributed by atoms with van der Waals surface area (Å²) in [6.45, 7) is 5.38. The molecule has 82 valence electrons. The van der Waals surface area contributed by atoms with Crippen molar-refractivity contribution < 1.29 is 5.11 Å². The van der Waals surface area contributed by atoms with Crippen LogP contribution in [0.25, 0.3) is 0 Å². The second-order valence-electron chi connectivity index (χ2n) is 4.72. The summed E-state index contributed by atoms with van der Waals surface area (Å²) in [5.74, 6) is 0. The Balaban J connectivity index is 1.99. The van der Waals surface area contributed by atoms with Crippen LogP contribution in [0.5, 0.6) is 0 Å². The van der Waals surface area contributed by atoms with E-state index in [1.807, 2.05) is 0 Å². The number of hydrogen-bond donors (Lipinski definition) is 2. The van der Waals surface area contributed by atoms with E-state index in [1.54, 1.807) is 0 Å². The molecule has 2 N–H and O–H groups in total. The predicted octanol–water partition coefficient (Wildman–Crippen LogP) is 1.92. The van der Waals surface area contributed by atoms with Gasteiger partial charge in [-0.25, -0.2) is 0 Å². The van der Waals surface area contributed by atoms with Crippen LogP contribution in [0.3, 0.4) is 0 Å². The number of benzene rings is 1. The third kappa shape index (κ3) is 2.39. The van der Waals surface area contributed by atoms with Crippen molar-refractivity contribution in [1.82, 2.24) is 5.32 Å². The lowest BCUT2D eigenvalue weighted by atomic mass is 10.1. The van der Waals surface area contributed by atoms with Crippen LogP contribution in [0.15, 0.2) is 18.2 Å². The van der Waals surface area contributed by atoms with Crippen molar-refractivity contribution in [3.05, 3.63) is 34.9 Å². The molecule has 2 rings (SSSR count). The highest BCUT2D eigenvalue weighted by Gasteiger charge is 2.41. The van der Waals surface area contributed by atoms with Crippen molar-refractivity contribution in [2.45, 2.75) is 38.8 Å². The number of aliphatic hydroxyl groups is 1. The van der Waals surface area contributed by atoms with Crippen LogP contribution < -0.4 is 5.32 Å². The number of nitrogens with one attached hydrogen (secondary N) is 1. The summed E-state index contributed by atoms with van der Waals surface area (Å²) in [4.78, 5) is 0. The Bertz CT molecular complexity index is 356. The quantitative estimate of drug-likeness (QED) is 0.787. The van der Waals surface area contributed by atoms with Crippen LogP contribution in [-0.2, 0) is 6.54 Å². The highest BCUT2D eigenvalue weighted by atomic mass is 16.3. The van der Waals surface area contributed by atoms with Crippen LogP contribution in [0.2, 0.25) is 0 Å². The lowest BCUT2D eigenvalue weighted by molar-refractivity contribution is 0.229. The summed E-state index contributed by atoms with van der Waals surface area (Å²) >= 11 is 0. The number of aliphatic hydroxyl groups excluding tert-OH is 1. The van der Waals surface area contributed by atoms with Crippen molar-refractivity contribution in [3.63, 3.8) is 0 Å². The number of hydrogen-bond acceptors (Lipinski definition) is 2. The molecule has 1 aromatic carbocycles. The van der Waals surface area contributed by atoms with Gasteiger partial charge in [0.2, 0.25) is 0 Å². The first-order valence-corrected chi connectivity index (χ1v) is 5.57. The van der Waals surface area contributed by atoms with Gasteiger partial charge in [-0.3, -0.25) is 0 Å². The Labute approximate surface area is 91.3 Å². The monoisotopic (exact) mass is 205 g/mol. The van der Waals surface area contributed by atoms with E-state index in [-0.39, 0.29) is 12.1 Å². The molecule has 0 atom stereocenters. The van der Waals surface area contributed by atoms with Crippen molar-refractivity contribution in [2.75, 3.05) is 6.61 Å². The van der Waals surface area contributed by atoms with Crippen LogP contribution in [0.4, 0.5) is 0 Å². The summed E-state index contributed by atoms with van der Waals surface area (Å²) < 4.78 is 0. The van der Waals surface area contributed by atoms with Gasteiger partial charge in [0.1, 0.15) is 0 Å². The molecule has 2 nitrogen and oxygen atoms in total. The Morgan fingerprint density at radius 2 is 2.07 bits per heavy atom. The van der Waals surface area contributed by atoms with Gasteiger partial charge in [0, 0.05) is 12.1 Å². The molecule has 15 heavy (non-hydrogen) atoms. The summed E-state index contributed by atoms with van der Waals surface area (Å²) in [6.07, 6.45) is 2.21. The molecule has 1 fully saturated rings. The molecular formula is C13H19NO. The van der Waals surface area contributed by atoms with Gasteiger partial charge in [0.25, 0.3) is 0 Å². The van der Waals surface area contributed by atoms with Gasteiger partial charge in [0.15, 0.2) is 0 Å². The smallest absolute Gasteiger partial charge is 0.0613 e. The van der Waals surface area contributed by atoms with E-state index in [4.69, 9.17) is 0 Å². The molecule has 0 bridgehead atoms. The molecule has 0 saturated heterocycles. The van der Waals surface area contributed by atoms with Crippen molar-refractivity contribution in [1.29, 1.82) is 0 Å². The first kappa shape index (κ1) is 10.7. The Morgan fingerprint density at radius 1 is 1.33 bits per heavy atom. The predicted molar refractivity (Wildman–Crippen MR) is 61.8 cm³/mol. The highest BCUT2D eigenvalue weighted by molar-refractivity contribution is 5.30. The van der Waals surface area contributed by atoms with Gasteiger partial charge in [-0.15, -0.1) is 0 Å². The van der Waals surface area contributed by atoms with E-state index in [0.717, 1.165) is 19.4 Å². The maximum absolute atomic E-state index is 9.19. The van der Waals surface area contributed by atoms with Crippen molar-refractivity contribution >= 4 is 0 Å². The molecule has 0 amide bonds. The van der Waals surface area contributed by atoms with E-state index in [9.17, 15) is 5.11 Å². The second kappa shape index (κ2) is 3.95. The summed E-state index contributed by atoms with van der Waals surface area (Å²) in [6, 6.07) is 6.52. The average molecular weight is 205 g/mol. The molecule has 0 spiro atoms. The fourth-order valence-electron chi connectivity index (χ4n) is 1.87. The molecule has 0 unspecified atom stereocenters. The van der Waals surface area contributed by atoms with Crippen LogP contribution in [-0.4, -0.2) is 17.3 Å². The largest absolute Gasteiger partial charge is 0.394 e. The summed E-state index contributed by atoms with van der Waals surface area (Å²) in [7, 11) is 0. The van der Waals surface area contributed by atoms with E-state index < -0.39 is 0 Å². The molecule has 0 radical (unpaired) electrons. The molecule has 1 aliphatic carbocycles. The zero-order chi connectivity index (χ0) is 10.9. The molecule has 0 aromatic heterocycles. The van der Waals surface area contributed by atoms with Gasteiger partial charge in [-0.2, -0.15) is 0 Å².